The number of aliphatic hydroxyl groups excluding tert-OH is 1. The highest BCUT2D eigenvalue weighted by atomic mass is 79.9. The van der Waals surface area contributed by atoms with E-state index in [-0.39, 0.29) is 6.10 Å². The molecule has 0 fully saturated rings. The molecule has 0 saturated carbocycles. The maximum Gasteiger partial charge on any atom is 0.113 e. The van der Waals surface area contributed by atoms with Gasteiger partial charge in [-0.05, 0) is 35.0 Å². The zero-order valence-corrected chi connectivity index (χ0v) is 12.5. The largest absolute Gasteiger partial charge is 0.392 e. The number of aromatic nitrogens is 1. The van der Waals surface area contributed by atoms with Gasteiger partial charge in [-0.25, -0.2) is 4.98 Å². The Bertz CT molecular complexity index is 487. The van der Waals surface area contributed by atoms with Crippen LogP contribution in [0, 0.1) is 0 Å². The van der Waals surface area contributed by atoms with Gasteiger partial charge in [-0.1, -0.05) is 18.2 Å². The summed E-state index contributed by atoms with van der Waals surface area (Å²) in [5, 5.41) is 10.6. The molecular formula is C13H15BrN2OS. The van der Waals surface area contributed by atoms with E-state index in [2.05, 4.69) is 25.8 Å². The van der Waals surface area contributed by atoms with Gasteiger partial charge in [-0.15, -0.1) is 11.3 Å². The monoisotopic (exact) mass is 326 g/mol. The number of nitrogens with zero attached hydrogens (tertiary/aromatic N) is 2. The molecule has 0 spiro atoms. The lowest BCUT2D eigenvalue weighted by Gasteiger charge is -2.25. The summed E-state index contributed by atoms with van der Waals surface area (Å²) in [6, 6.07) is 10.1. The normalized spacial score (nSPS) is 12.4. The van der Waals surface area contributed by atoms with E-state index < -0.39 is 0 Å². The number of thiazole rings is 1. The van der Waals surface area contributed by atoms with E-state index in [1.165, 1.54) is 0 Å². The lowest BCUT2D eigenvalue weighted by atomic mass is 10.2. The fourth-order valence-electron chi connectivity index (χ4n) is 1.74. The van der Waals surface area contributed by atoms with Gasteiger partial charge in [0.15, 0.2) is 0 Å². The molecule has 0 radical (unpaired) electrons. The molecule has 0 saturated heterocycles. The highest BCUT2D eigenvalue weighted by Crippen LogP contribution is 2.23. The Morgan fingerprint density at radius 2 is 2.11 bits per heavy atom. The fraction of sp³-hybridized carbons (Fsp3) is 0.308. The zero-order valence-electron chi connectivity index (χ0n) is 10.1. The van der Waals surface area contributed by atoms with E-state index >= 15 is 0 Å². The van der Waals surface area contributed by atoms with Crippen molar-refractivity contribution in [3.8, 4) is 0 Å². The predicted octanol–water partition coefficient (Wildman–Crippen LogP) is 3.29. The molecule has 1 atom stereocenters. The highest BCUT2D eigenvalue weighted by Gasteiger charge is 2.11. The molecule has 1 aromatic heterocycles. The maximum absolute atomic E-state index is 9.60. The molecule has 18 heavy (non-hydrogen) atoms. The fourth-order valence-corrected chi connectivity index (χ4v) is 3.06. The Balaban J connectivity index is 2.15. The summed E-state index contributed by atoms with van der Waals surface area (Å²) >= 11 is 5.04. The van der Waals surface area contributed by atoms with E-state index in [1.54, 1.807) is 18.3 Å². The van der Waals surface area contributed by atoms with Crippen molar-refractivity contribution in [2.75, 3.05) is 11.4 Å². The predicted molar refractivity (Wildman–Crippen MR) is 79.0 cm³/mol. The molecule has 1 aromatic carbocycles. The summed E-state index contributed by atoms with van der Waals surface area (Å²) in [6.07, 6.45) is 1.44. The summed E-state index contributed by atoms with van der Waals surface area (Å²) in [4.78, 5) is 6.47. The number of halogens is 1. The van der Waals surface area contributed by atoms with Crippen molar-refractivity contribution in [2.45, 2.75) is 19.6 Å². The molecule has 96 valence electrons. The van der Waals surface area contributed by atoms with Crippen molar-refractivity contribution in [3.63, 3.8) is 0 Å². The molecule has 2 rings (SSSR count). The van der Waals surface area contributed by atoms with E-state index in [4.69, 9.17) is 0 Å². The van der Waals surface area contributed by atoms with Crippen LogP contribution in [0.5, 0.6) is 0 Å². The number of benzene rings is 1. The first-order chi connectivity index (χ1) is 8.65. The first-order valence-corrected chi connectivity index (χ1v) is 7.34. The Hall–Kier alpha value is -0.910. The topological polar surface area (TPSA) is 36.4 Å². The van der Waals surface area contributed by atoms with Gasteiger partial charge >= 0.3 is 0 Å². The van der Waals surface area contributed by atoms with Crippen LogP contribution in [-0.4, -0.2) is 22.7 Å². The molecule has 0 aliphatic rings. The van der Waals surface area contributed by atoms with Crippen LogP contribution in [0.15, 0.2) is 40.3 Å². The van der Waals surface area contributed by atoms with Crippen LogP contribution in [0.1, 0.15) is 11.9 Å². The van der Waals surface area contributed by atoms with E-state index in [0.717, 1.165) is 14.5 Å². The molecule has 0 aliphatic heterocycles. The third kappa shape index (κ3) is 3.80. The number of anilines is 1. The lowest BCUT2D eigenvalue weighted by molar-refractivity contribution is 0.199. The first kappa shape index (κ1) is 13.5. The number of aliphatic hydroxyl groups is 1. The minimum absolute atomic E-state index is 0.367. The first-order valence-electron chi connectivity index (χ1n) is 5.73. The Morgan fingerprint density at radius 1 is 1.39 bits per heavy atom. The van der Waals surface area contributed by atoms with E-state index in [9.17, 15) is 5.11 Å². The third-order valence-electron chi connectivity index (χ3n) is 2.46. The third-order valence-corrected chi connectivity index (χ3v) is 3.92. The van der Waals surface area contributed by atoms with Gasteiger partial charge in [0.05, 0.1) is 22.6 Å². The van der Waals surface area contributed by atoms with Crippen LogP contribution in [0.3, 0.4) is 0 Å². The Morgan fingerprint density at radius 3 is 2.67 bits per heavy atom. The molecule has 1 heterocycles. The van der Waals surface area contributed by atoms with E-state index in [1.807, 2.05) is 36.5 Å². The Kier molecular flexibility index (Phi) is 4.74. The van der Waals surface area contributed by atoms with Crippen molar-refractivity contribution in [2.24, 2.45) is 0 Å². The van der Waals surface area contributed by atoms with Crippen LogP contribution in [-0.2, 0) is 6.54 Å². The average molecular weight is 327 g/mol. The second-order valence-electron chi connectivity index (χ2n) is 4.12. The number of hydrogen-bond acceptors (Lipinski definition) is 4. The summed E-state index contributed by atoms with van der Waals surface area (Å²) in [5.74, 6) is 0. The molecule has 3 nitrogen and oxygen atoms in total. The molecule has 0 unspecified atom stereocenters. The quantitative estimate of drug-likeness (QED) is 0.915. The van der Waals surface area contributed by atoms with Crippen LogP contribution in [0.25, 0.3) is 0 Å². The minimum atomic E-state index is -0.367. The van der Waals surface area contributed by atoms with Crippen LogP contribution in [0.4, 0.5) is 5.69 Å². The number of para-hydroxylation sites is 1. The van der Waals surface area contributed by atoms with Gasteiger partial charge in [-0.2, -0.15) is 0 Å². The molecular weight excluding hydrogens is 312 g/mol. The highest BCUT2D eigenvalue weighted by molar-refractivity contribution is 9.11. The zero-order chi connectivity index (χ0) is 13.0. The molecule has 2 aromatic rings. The molecule has 0 bridgehead atoms. The summed E-state index contributed by atoms with van der Waals surface area (Å²) in [5.41, 5.74) is 1.10. The van der Waals surface area contributed by atoms with Crippen LogP contribution in [0.2, 0.25) is 0 Å². The number of hydrogen-bond donors (Lipinski definition) is 1. The van der Waals surface area contributed by atoms with Gasteiger partial charge in [0.2, 0.25) is 0 Å². The van der Waals surface area contributed by atoms with Crippen molar-refractivity contribution < 1.29 is 5.11 Å². The SMILES string of the molecule is C[C@@H](O)CN(Cc1ncc(Br)s1)c1ccccc1. The van der Waals surface area contributed by atoms with Crippen molar-refractivity contribution in [1.82, 2.24) is 4.98 Å². The maximum atomic E-state index is 9.60. The average Bonchev–Trinajstić information content (AvgIpc) is 2.75. The van der Waals surface area contributed by atoms with Gasteiger partial charge in [0, 0.05) is 12.2 Å². The smallest absolute Gasteiger partial charge is 0.113 e. The van der Waals surface area contributed by atoms with E-state index in [0.29, 0.717) is 13.1 Å². The molecule has 5 heteroatoms. The standard InChI is InChI=1S/C13H15BrN2OS/c1-10(17)8-16(11-5-3-2-4-6-11)9-13-15-7-12(14)18-13/h2-7,10,17H,8-9H2,1H3/t10-/m1/s1. The lowest BCUT2D eigenvalue weighted by Crippen LogP contribution is -2.30. The summed E-state index contributed by atoms with van der Waals surface area (Å²) in [7, 11) is 0. The summed E-state index contributed by atoms with van der Waals surface area (Å²) < 4.78 is 1.03. The van der Waals surface area contributed by atoms with Gasteiger partial charge < -0.3 is 10.0 Å². The Labute approximate surface area is 119 Å². The molecule has 1 N–H and O–H groups in total. The van der Waals surface area contributed by atoms with Crippen molar-refractivity contribution in [3.05, 3.63) is 45.3 Å². The van der Waals surface area contributed by atoms with Gasteiger partial charge in [0.1, 0.15) is 5.01 Å². The van der Waals surface area contributed by atoms with Crippen LogP contribution < -0.4 is 4.90 Å². The summed E-state index contributed by atoms with van der Waals surface area (Å²) in [6.45, 7) is 3.11. The number of rotatable bonds is 5. The van der Waals surface area contributed by atoms with Gasteiger partial charge in [-0.3, -0.25) is 0 Å². The molecule has 0 amide bonds. The van der Waals surface area contributed by atoms with Crippen molar-refractivity contribution >= 4 is 33.0 Å². The van der Waals surface area contributed by atoms with Crippen molar-refractivity contribution in [1.29, 1.82) is 0 Å². The second kappa shape index (κ2) is 6.31. The van der Waals surface area contributed by atoms with Crippen LogP contribution >= 0.6 is 27.3 Å². The minimum Gasteiger partial charge on any atom is -0.392 e. The molecule has 0 aliphatic carbocycles. The van der Waals surface area contributed by atoms with Gasteiger partial charge in [0.25, 0.3) is 0 Å². The second-order valence-corrected chi connectivity index (χ2v) is 6.62.